The molecule has 0 bridgehead atoms. The van der Waals surface area contributed by atoms with Gasteiger partial charge in [0.05, 0.1) is 5.56 Å². The van der Waals surface area contributed by atoms with Crippen LogP contribution in [-0.2, 0) is 0 Å². The summed E-state index contributed by atoms with van der Waals surface area (Å²) in [6.07, 6.45) is 1.56. The molecule has 0 aliphatic carbocycles. The van der Waals surface area contributed by atoms with Gasteiger partial charge in [0, 0.05) is 22.9 Å². The largest absolute Gasteiger partial charge is 0.490 e. The van der Waals surface area contributed by atoms with Gasteiger partial charge in [-0.25, -0.2) is 9.18 Å². The molecule has 0 amide bonds. The summed E-state index contributed by atoms with van der Waals surface area (Å²) in [5, 5.41) is 14.8. The number of aromatic carboxylic acids is 1. The van der Waals surface area contributed by atoms with Crippen LogP contribution in [0.25, 0.3) is 10.8 Å². The van der Waals surface area contributed by atoms with Crippen molar-refractivity contribution >= 4 is 29.1 Å². The van der Waals surface area contributed by atoms with Gasteiger partial charge in [-0.2, -0.15) is 0 Å². The zero-order chi connectivity index (χ0) is 25.2. The summed E-state index contributed by atoms with van der Waals surface area (Å²) in [6, 6.07) is 24.8. The molecular weight excluding hydrogens is 489 g/mol. The molecule has 2 N–H and O–H groups in total. The van der Waals surface area contributed by atoms with Crippen LogP contribution in [0.1, 0.15) is 64.3 Å². The third kappa shape index (κ3) is 5.48. The first-order chi connectivity index (χ1) is 17.4. The number of aryl methyl sites for hydroxylation is 1. The number of halogens is 2. The first-order valence-corrected chi connectivity index (χ1v) is 12.4. The van der Waals surface area contributed by atoms with Crippen LogP contribution in [0.3, 0.4) is 0 Å². The van der Waals surface area contributed by atoms with E-state index in [0.29, 0.717) is 10.9 Å². The highest BCUT2D eigenvalue weighted by Gasteiger charge is 2.30. The van der Waals surface area contributed by atoms with Crippen molar-refractivity contribution in [1.82, 2.24) is 5.32 Å². The van der Waals surface area contributed by atoms with Crippen molar-refractivity contribution in [2.75, 3.05) is 6.54 Å². The molecule has 192 valence electrons. The summed E-state index contributed by atoms with van der Waals surface area (Å²) in [5.74, 6) is -0.187. The van der Waals surface area contributed by atoms with Crippen molar-refractivity contribution in [2.24, 2.45) is 0 Å². The molecule has 1 unspecified atom stereocenters. The zero-order valence-electron chi connectivity index (χ0n) is 20.9. The van der Waals surface area contributed by atoms with Crippen molar-refractivity contribution in [3.63, 3.8) is 0 Å². The van der Waals surface area contributed by atoms with E-state index >= 15 is 0 Å². The van der Waals surface area contributed by atoms with Gasteiger partial charge in [-0.3, -0.25) is 0 Å². The lowest BCUT2D eigenvalue weighted by Crippen LogP contribution is -2.31. The van der Waals surface area contributed by atoms with Crippen LogP contribution in [0.2, 0.25) is 0 Å². The van der Waals surface area contributed by atoms with Crippen LogP contribution in [0.5, 0.6) is 5.75 Å². The minimum absolute atomic E-state index is 0. The van der Waals surface area contributed by atoms with E-state index in [9.17, 15) is 14.3 Å². The average molecular weight is 520 g/mol. The maximum atomic E-state index is 14.2. The normalized spacial score (nSPS) is 17.4. The molecule has 0 saturated carbocycles. The Bertz CT molecular complexity index is 1420. The topological polar surface area (TPSA) is 58.6 Å². The minimum atomic E-state index is -0.905. The maximum absolute atomic E-state index is 14.2. The summed E-state index contributed by atoms with van der Waals surface area (Å²) < 4.78 is 20.6. The Morgan fingerprint density at radius 3 is 2.57 bits per heavy atom. The van der Waals surface area contributed by atoms with E-state index < -0.39 is 5.97 Å². The second-order valence-corrected chi connectivity index (χ2v) is 9.59. The maximum Gasteiger partial charge on any atom is 0.335 e. The molecule has 3 atom stereocenters. The van der Waals surface area contributed by atoms with Crippen molar-refractivity contribution in [1.29, 1.82) is 0 Å². The highest BCUT2D eigenvalue weighted by Crippen LogP contribution is 2.41. The molecule has 0 fully saturated rings. The number of carbonyl (C=O) groups is 1. The number of hydrogen-bond donors (Lipinski definition) is 2. The molecule has 0 radical (unpaired) electrons. The van der Waals surface area contributed by atoms with Crippen LogP contribution in [0, 0.1) is 12.7 Å². The molecule has 1 aliphatic heterocycles. The zero-order valence-corrected chi connectivity index (χ0v) is 21.7. The third-order valence-corrected chi connectivity index (χ3v) is 7.27. The van der Waals surface area contributed by atoms with Gasteiger partial charge >= 0.3 is 5.97 Å². The van der Waals surface area contributed by atoms with Crippen LogP contribution < -0.4 is 10.1 Å². The van der Waals surface area contributed by atoms with E-state index in [-0.39, 0.29) is 36.3 Å². The number of ether oxygens (including phenoxy) is 1. The monoisotopic (exact) mass is 519 g/mol. The van der Waals surface area contributed by atoms with Crippen LogP contribution in [-0.4, -0.2) is 23.7 Å². The molecule has 1 aliphatic rings. The Balaban J connectivity index is 0.00000320. The summed E-state index contributed by atoms with van der Waals surface area (Å²) >= 11 is 0. The van der Waals surface area contributed by atoms with Gasteiger partial charge in [-0.05, 0) is 73.5 Å². The highest BCUT2D eigenvalue weighted by molar-refractivity contribution is 5.89. The SMILES string of the molecule is Cc1ccc([C@H]2C[C@@H](CCNC(C)c3ccc(F)c4ccccc34)Oc3ccccc32)cc1C(=O)O.Cl. The molecule has 37 heavy (non-hydrogen) atoms. The summed E-state index contributed by atoms with van der Waals surface area (Å²) in [4.78, 5) is 11.7. The molecule has 4 aromatic rings. The Hall–Kier alpha value is -3.41. The van der Waals surface area contributed by atoms with Gasteiger partial charge in [0.25, 0.3) is 0 Å². The number of nitrogens with one attached hydrogen (secondary N) is 1. The number of rotatable bonds is 7. The molecule has 6 heteroatoms. The lowest BCUT2D eigenvalue weighted by atomic mass is 9.82. The van der Waals surface area contributed by atoms with E-state index in [1.807, 2.05) is 73.7 Å². The predicted octanol–water partition coefficient (Wildman–Crippen LogP) is 7.43. The van der Waals surface area contributed by atoms with Gasteiger partial charge in [0.1, 0.15) is 17.7 Å². The second kappa shape index (κ2) is 11.3. The standard InChI is InChI=1S/C31H30FNO3.ClH/c1-19-11-12-21(17-27(19)31(34)35)28-18-22(36-30-10-6-5-9-26(28)30)15-16-33-20(2)23-13-14-29(32)25-8-4-3-7-24(23)25;/h3-14,17,20,22,28,33H,15-16,18H2,1-2H3,(H,34,35);1H/t20?,22-,28-;/m1./s1. The summed E-state index contributed by atoms with van der Waals surface area (Å²) in [6.45, 7) is 4.66. The van der Waals surface area contributed by atoms with E-state index in [2.05, 4.69) is 18.3 Å². The van der Waals surface area contributed by atoms with E-state index in [1.165, 1.54) is 6.07 Å². The Morgan fingerprint density at radius 2 is 1.78 bits per heavy atom. The number of carboxylic acid groups (broad SMARTS) is 1. The molecule has 1 heterocycles. The quantitative estimate of drug-likeness (QED) is 0.266. The lowest BCUT2D eigenvalue weighted by Gasteiger charge is -2.33. The average Bonchev–Trinajstić information content (AvgIpc) is 2.88. The van der Waals surface area contributed by atoms with Crippen molar-refractivity contribution in [3.8, 4) is 5.75 Å². The molecular formula is C31H31ClFNO3. The fraction of sp³-hybridized carbons (Fsp3) is 0.258. The second-order valence-electron chi connectivity index (χ2n) is 9.59. The minimum Gasteiger partial charge on any atom is -0.490 e. The fourth-order valence-electron chi connectivity index (χ4n) is 5.31. The fourth-order valence-corrected chi connectivity index (χ4v) is 5.31. The van der Waals surface area contributed by atoms with Gasteiger partial charge in [0.15, 0.2) is 0 Å². The van der Waals surface area contributed by atoms with E-state index in [4.69, 9.17) is 4.74 Å². The first kappa shape index (κ1) is 26.6. The smallest absolute Gasteiger partial charge is 0.335 e. The number of carboxylic acids is 1. The molecule has 4 aromatic carbocycles. The molecule has 5 rings (SSSR count). The van der Waals surface area contributed by atoms with Crippen molar-refractivity contribution in [3.05, 3.63) is 112 Å². The van der Waals surface area contributed by atoms with E-state index in [1.54, 1.807) is 0 Å². The van der Waals surface area contributed by atoms with Gasteiger partial charge in [0.2, 0.25) is 0 Å². The van der Waals surface area contributed by atoms with Gasteiger partial charge in [-0.15, -0.1) is 12.4 Å². The third-order valence-electron chi connectivity index (χ3n) is 7.27. The van der Waals surface area contributed by atoms with Gasteiger partial charge in [-0.1, -0.05) is 60.7 Å². The van der Waals surface area contributed by atoms with Crippen LogP contribution >= 0.6 is 12.4 Å². The molecule has 0 aromatic heterocycles. The molecule has 4 nitrogen and oxygen atoms in total. The lowest BCUT2D eigenvalue weighted by molar-refractivity contribution is 0.0696. The van der Waals surface area contributed by atoms with Crippen molar-refractivity contribution in [2.45, 2.75) is 44.8 Å². The molecule has 0 spiro atoms. The number of benzene rings is 4. The Kier molecular flexibility index (Phi) is 8.16. The Morgan fingerprint density at radius 1 is 1.05 bits per heavy atom. The van der Waals surface area contributed by atoms with Crippen molar-refractivity contribution < 1.29 is 19.0 Å². The number of hydrogen-bond acceptors (Lipinski definition) is 3. The summed E-state index contributed by atoms with van der Waals surface area (Å²) in [7, 11) is 0. The first-order valence-electron chi connectivity index (χ1n) is 12.4. The van der Waals surface area contributed by atoms with Crippen LogP contribution in [0.15, 0.2) is 78.9 Å². The Labute approximate surface area is 222 Å². The highest BCUT2D eigenvalue weighted by atomic mass is 35.5. The number of fused-ring (bicyclic) bond motifs is 2. The van der Waals surface area contributed by atoms with Crippen LogP contribution in [0.4, 0.5) is 4.39 Å². The number of para-hydroxylation sites is 1. The van der Waals surface area contributed by atoms with E-state index in [0.717, 1.165) is 52.8 Å². The van der Waals surface area contributed by atoms with Gasteiger partial charge < -0.3 is 15.2 Å². The summed E-state index contributed by atoms with van der Waals surface area (Å²) in [5.41, 5.74) is 4.26. The predicted molar refractivity (Wildman–Crippen MR) is 148 cm³/mol. The molecule has 0 saturated heterocycles.